The Morgan fingerprint density at radius 1 is 1.50 bits per heavy atom. The molecule has 6 heteroatoms. The van der Waals surface area contributed by atoms with Crippen LogP contribution in [0.2, 0.25) is 5.15 Å². The maximum absolute atomic E-state index is 11.3. The van der Waals surface area contributed by atoms with E-state index in [-0.39, 0.29) is 6.09 Å². The zero-order valence-corrected chi connectivity index (χ0v) is 9.74. The molecule has 0 spiro atoms. The van der Waals surface area contributed by atoms with Crippen molar-refractivity contribution in [3.8, 4) is 5.75 Å². The van der Waals surface area contributed by atoms with Gasteiger partial charge in [0.15, 0.2) is 10.9 Å². The van der Waals surface area contributed by atoms with Crippen molar-refractivity contribution >= 4 is 17.7 Å². The number of methoxy groups -OCH3 is 2. The second-order valence-corrected chi connectivity index (χ2v) is 3.77. The fourth-order valence-corrected chi connectivity index (χ4v) is 1.90. The molecule has 1 aromatic rings. The Kier molecular flexibility index (Phi) is 2.87. The molecule has 0 atom stereocenters. The highest BCUT2D eigenvalue weighted by Crippen LogP contribution is 2.30. The molecule has 0 saturated carbocycles. The van der Waals surface area contributed by atoms with Crippen LogP contribution in [0.25, 0.3) is 0 Å². The fourth-order valence-electron chi connectivity index (χ4n) is 1.66. The molecule has 1 aliphatic rings. The van der Waals surface area contributed by atoms with E-state index in [1.54, 1.807) is 11.0 Å². The minimum atomic E-state index is -0.368. The lowest BCUT2D eigenvalue weighted by Gasteiger charge is -2.11. The monoisotopic (exact) mass is 242 g/mol. The van der Waals surface area contributed by atoms with Crippen LogP contribution in [0, 0.1) is 0 Å². The Bertz CT molecular complexity index is 436. The number of carbonyl (C=O) groups excluding carboxylic acids is 1. The molecule has 1 aromatic heterocycles. The van der Waals surface area contributed by atoms with Gasteiger partial charge in [-0.05, 0) is 11.6 Å². The summed E-state index contributed by atoms with van der Waals surface area (Å²) >= 11 is 5.90. The van der Waals surface area contributed by atoms with Crippen LogP contribution in [0.1, 0.15) is 11.3 Å². The zero-order valence-electron chi connectivity index (χ0n) is 8.99. The van der Waals surface area contributed by atoms with Crippen molar-refractivity contribution in [1.29, 1.82) is 0 Å². The number of halogens is 1. The molecule has 0 radical (unpaired) electrons. The summed E-state index contributed by atoms with van der Waals surface area (Å²) < 4.78 is 9.71. The van der Waals surface area contributed by atoms with E-state index in [1.165, 1.54) is 14.2 Å². The Balaban J connectivity index is 2.27. The molecular weight excluding hydrogens is 232 g/mol. The lowest BCUT2D eigenvalue weighted by molar-refractivity contribution is 0.123. The lowest BCUT2D eigenvalue weighted by Crippen LogP contribution is -2.24. The van der Waals surface area contributed by atoms with Crippen LogP contribution < -0.4 is 4.74 Å². The minimum Gasteiger partial charge on any atom is -0.494 e. The number of pyridine rings is 1. The Morgan fingerprint density at radius 3 is 2.88 bits per heavy atom. The minimum absolute atomic E-state index is 0.313. The van der Waals surface area contributed by atoms with Crippen molar-refractivity contribution in [3.63, 3.8) is 0 Å². The summed E-state index contributed by atoms with van der Waals surface area (Å²) in [6, 6.07) is 1.80. The van der Waals surface area contributed by atoms with Crippen molar-refractivity contribution in [3.05, 3.63) is 22.5 Å². The molecule has 0 saturated heterocycles. The normalized spacial score (nSPS) is 13.6. The van der Waals surface area contributed by atoms with E-state index in [1.807, 2.05) is 0 Å². The van der Waals surface area contributed by atoms with Crippen LogP contribution in [0.3, 0.4) is 0 Å². The molecule has 1 amide bonds. The van der Waals surface area contributed by atoms with Gasteiger partial charge in [-0.2, -0.15) is 0 Å². The van der Waals surface area contributed by atoms with E-state index in [0.717, 1.165) is 11.3 Å². The molecule has 86 valence electrons. The van der Waals surface area contributed by atoms with Crippen molar-refractivity contribution in [2.75, 3.05) is 14.2 Å². The number of amides is 1. The van der Waals surface area contributed by atoms with Crippen molar-refractivity contribution in [1.82, 2.24) is 9.88 Å². The first-order chi connectivity index (χ1) is 7.65. The number of aromatic nitrogens is 1. The zero-order chi connectivity index (χ0) is 11.7. The van der Waals surface area contributed by atoms with Crippen LogP contribution >= 0.6 is 11.6 Å². The molecule has 0 bridgehead atoms. The Labute approximate surface area is 97.9 Å². The average Bonchev–Trinajstić information content (AvgIpc) is 2.69. The van der Waals surface area contributed by atoms with Gasteiger partial charge in [0, 0.05) is 0 Å². The predicted molar refractivity (Wildman–Crippen MR) is 57.5 cm³/mol. The third-order valence-electron chi connectivity index (χ3n) is 2.47. The van der Waals surface area contributed by atoms with Gasteiger partial charge >= 0.3 is 6.09 Å². The Hall–Kier alpha value is -1.49. The van der Waals surface area contributed by atoms with Crippen LogP contribution in [0.5, 0.6) is 5.75 Å². The maximum Gasteiger partial charge on any atom is 0.410 e. The van der Waals surface area contributed by atoms with E-state index in [2.05, 4.69) is 9.72 Å². The van der Waals surface area contributed by atoms with Gasteiger partial charge in [0.05, 0.1) is 33.0 Å². The molecule has 0 N–H and O–H groups in total. The van der Waals surface area contributed by atoms with Crippen LogP contribution in [-0.4, -0.2) is 30.2 Å². The third kappa shape index (κ3) is 1.78. The van der Waals surface area contributed by atoms with Gasteiger partial charge in [-0.25, -0.2) is 9.78 Å². The molecule has 5 nitrogen and oxygen atoms in total. The summed E-state index contributed by atoms with van der Waals surface area (Å²) in [7, 11) is 2.88. The van der Waals surface area contributed by atoms with Crippen molar-refractivity contribution < 1.29 is 14.3 Å². The van der Waals surface area contributed by atoms with E-state index in [0.29, 0.717) is 24.0 Å². The molecule has 0 aliphatic carbocycles. The molecule has 2 rings (SSSR count). The first-order valence-corrected chi connectivity index (χ1v) is 5.08. The van der Waals surface area contributed by atoms with Crippen LogP contribution in [-0.2, 0) is 17.8 Å². The number of fused-ring (bicyclic) bond motifs is 1. The van der Waals surface area contributed by atoms with Gasteiger partial charge in [0.2, 0.25) is 0 Å². The summed E-state index contributed by atoms with van der Waals surface area (Å²) in [5.41, 5.74) is 1.72. The molecule has 16 heavy (non-hydrogen) atoms. The van der Waals surface area contributed by atoms with Gasteiger partial charge in [-0.1, -0.05) is 11.6 Å². The number of rotatable bonds is 1. The van der Waals surface area contributed by atoms with E-state index in [9.17, 15) is 4.79 Å². The number of carbonyl (C=O) groups is 1. The van der Waals surface area contributed by atoms with E-state index < -0.39 is 0 Å². The molecule has 1 aliphatic heterocycles. The second kappa shape index (κ2) is 4.17. The molecule has 0 fully saturated rings. The number of ether oxygens (including phenoxy) is 2. The predicted octanol–water partition coefficient (Wildman–Crippen LogP) is 1.83. The summed E-state index contributed by atoms with van der Waals surface area (Å²) in [6.07, 6.45) is -0.368. The topological polar surface area (TPSA) is 51.7 Å². The van der Waals surface area contributed by atoms with Gasteiger partial charge in [0.25, 0.3) is 0 Å². The molecular formula is C10H11ClN2O3. The lowest BCUT2D eigenvalue weighted by atomic mass is 10.2. The van der Waals surface area contributed by atoms with E-state index in [4.69, 9.17) is 16.3 Å². The second-order valence-electron chi connectivity index (χ2n) is 3.41. The van der Waals surface area contributed by atoms with Gasteiger partial charge in [0.1, 0.15) is 0 Å². The largest absolute Gasteiger partial charge is 0.494 e. The van der Waals surface area contributed by atoms with Gasteiger partial charge in [-0.3, -0.25) is 4.90 Å². The average molecular weight is 243 g/mol. The highest BCUT2D eigenvalue weighted by atomic mass is 35.5. The number of hydrogen-bond donors (Lipinski definition) is 0. The van der Waals surface area contributed by atoms with E-state index >= 15 is 0 Å². The molecule has 0 unspecified atom stereocenters. The smallest absolute Gasteiger partial charge is 0.410 e. The SMILES string of the molecule is COC(=O)N1Cc2cc(OC)c(Cl)nc2C1. The fraction of sp³-hybridized carbons (Fsp3) is 0.400. The quantitative estimate of drug-likeness (QED) is 0.705. The third-order valence-corrected chi connectivity index (χ3v) is 2.74. The molecule has 0 aromatic carbocycles. The van der Waals surface area contributed by atoms with Crippen molar-refractivity contribution in [2.45, 2.75) is 13.1 Å². The standard InChI is InChI=1S/C10H11ClN2O3/c1-15-8-3-6-4-13(10(14)16-2)5-7(6)12-9(8)11/h3H,4-5H2,1-2H3. The Morgan fingerprint density at radius 2 is 2.25 bits per heavy atom. The van der Waals surface area contributed by atoms with Crippen LogP contribution in [0.15, 0.2) is 6.07 Å². The highest BCUT2D eigenvalue weighted by Gasteiger charge is 2.26. The summed E-state index contributed by atoms with van der Waals surface area (Å²) in [6.45, 7) is 0.897. The van der Waals surface area contributed by atoms with Crippen molar-refractivity contribution in [2.24, 2.45) is 0 Å². The molecule has 2 heterocycles. The first-order valence-electron chi connectivity index (χ1n) is 4.71. The summed E-state index contributed by atoms with van der Waals surface area (Å²) in [5.74, 6) is 0.520. The summed E-state index contributed by atoms with van der Waals surface area (Å²) in [4.78, 5) is 17.1. The van der Waals surface area contributed by atoms with Crippen LogP contribution in [0.4, 0.5) is 4.79 Å². The maximum atomic E-state index is 11.3. The summed E-state index contributed by atoms with van der Waals surface area (Å²) in [5, 5.41) is 0.313. The van der Waals surface area contributed by atoms with Gasteiger partial charge in [-0.15, -0.1) is 0 Å². The highest BCUT2D eigenvalue weighted by molar-refractivity contribution is 6.30. The number of nitrogens with zero attached hydrogens (tertiary/aromatic N) is 2. The first kappa shape index (κ1) is 11.0. The number of hydrogen-bond acceptors (Lipinski definition) is 4. The van der Waals surface area contributed by atoms with Gasteiger partial charge < -0.3 is 9.47 Å².